The summed E-state index contributed by atoms with van der Waals surface area (Å²) in [6, 6.07) is 11.6. The molecular weight excluding hydrogens is 350 g/mol. The van der Waals surface area contributed by atoms with Crippen LogP contribution in [0.4, 0.5) is 5.82 Å². The van der Waals surface area contributed by atoms with E-state index in [1.54, 1.807) is 6.07 Å². The van der Waals surface area contributed by atoms with Gasteiger partial charge >= 0.3 is 0 Å². The largest absolute Gasteiger partial charge is 0.384 e. The Hall–Kier alpha value is -3.09. The molecule has 0 radical (unpaired) electrons. The van der Waals surface area contributed by atoms with Crippen molar-refractivity contribution in [3.63, 3.8) is 0 Å². The van der Waals surface area contributed by atoms with E-state index in [4.69, 9.17) is 5.73 Å². The third kappa shape index (κ3) is 5.00. The van der Waals surface area contributed by atoms with Gasteiger partial charge in [-0.1, -0.05) is 45.9 Å². The van der Waals surface area contributed by atoms with Crippen LogP contribution in [0.3, 0.4) is 0 Å². The summed E-state index contributed by atoms with van der Waals surface area (Å²) >= 11 is 0. The van der Waals surface area contributed by atoms with Gasteiger partial charge in [-0.05, 0) is 29.0 Å². The van der Waals surface area contributed by atoms with Crippen molar-refractivity contribution < 1.29 is 0 Å². The molecule has 6 heteroatoms. The van der Waals surface area contributed by atoms with Gasteiger partial charge in [0.25, 0.3) is 5.56 Å². The number of H-pyrrole nitrogens is 1. The number of nitrogens with one attached hydrogen (secondary N) is 1. The minimum atomic E-state index is -0.583. The molecule has 0 aliphatic heterocycles. The van der Waals surface area contributed by atoms with Gasteiger partial charge in [0.2, 0.25) is 0 Å². The Bertz CT molecular complexity index is 966. The number of aromatic nitrogens is 1. The van der Waals surface area contributed by atoms with Crippen LogP contribution in [0, 0.1) is 34.5 Å². The van der Waals surface area contributed by atoms with Crippen molar-refractivity contribution in [1.29, 1.82) is 10.5 Å². The van der Waals surface area contributed by atoms with E-state index in [0.717, 1.165) is 25.2 Å². The van der Waals surface area contributed by atoms with Gasteiger partial charge in [0.05, 0.1) is 0 Å². The summed E-state index contributed by atoms with van der Waals surface area (Å²) in [6.07, 6.45) is 0. The van der Waals surface area contributed by atoms with Crippen molar-refractivity contribution in [3.05, 3.63) is 51.3 Å². The Morgan fingerprint density at radius 2 is 1.68 bits per heavy atom. The molecule has 28 heavy (non-hydrogen) atoms. The van der Waals surface area contributed by atoms with Gasteiger partial charge in [-0.3, -0.25) is 9.69 Å². The Balaban J connectivity index is 2.51. The maximum Gasteiger partial charge on any atom is 0.268 e. The van der Waals surface area contributed by atoms with Crippen LogP contribution < -0.4 is 11.3 Å². The van der Waals surface area contributed by atoms with Crippen LogP contribution in [-0.4, -0.2) is 23.0 Å². The highest BCUT2D eigenvalue weighted by atomic mass is 16.1. The number of aromatic amines is 1. The normalized spacial score (nSPS) is 11.0. The monoisotopic (exact) mass is 377 g/mol. The van der Waals surface area contributed by atoms with Crippen LogP contribution >= 0.6 is 0 Å². The van der Waals surface area contributed by atoms with E-state index >= 15 is 0 Å². The number of nitrogens with two attached hydrogens (primary N) is 1. The first kappa shape index (κ1) is 21.2. The molecule has 0 bridgehead atoms. The lowest BCUT2D eigenvalue weighted by atomic mass is 9.95. The summed E-state index contributed by atoms with van der Waals surface area (Å²) in [7, 11) is 0. The Morgan fingerprint density at radius 3 is 2.21 bits per heavy atom. The molecule has 0 aliphatic carbocycles. The Kier molecular flexibility index (Phi) is 6.98. The van der Waals surface area contributed by atoms with E-state index in [0.29, 0.717) is 23.0 Å². The number of benzene rings is 1. The van der Waals surface area contributed by atoms with Crippen molar-refractivity contribution in [3.8, 4) is 23.3 Å². The Morgan fingerprint density at radius 1 is 1.07 bits per heavy atom. The molecule has 1 heterocycles. The summed E-state index contributed by atoms with van der Waals surface area (Å²) < 4.78 is 0. The summed E-state index contributed by atoms with van der Waals surface area (Å²) in [6.45, 7) is 11.5. The number of anilines is 1. The zero-order valence-electron chi connectivity index (χ0n) is 16.9. The van der Waals surface area contributed by atoms with Crippen LogP contribution in [0.2, 0.25) is 0 Å². The molecule has 0 saturated heterocycles. The fraction of sp³-hybridized carbons (Fsp3) is 0.409. The molecule has 2 rings (SSSR count). The Labute approximate surface area is 166 Å². The third-order valence-corrected chi connectivity index (χ3v) is 4.34. The first-order valence-corrected chi connectivity index (χ1v) is 9.44. The van der Waals surface area contributed by atoms with E-state index < -0.39 is 5.56 Å². The van der Waals surface area contributed by atoms with Gasteiger partial charge < -0.3 is 10.7 Å². The first-order chi connectivity index (χ1) is 13.3. The van der Waals surface area contributed by atoms with Crippen LogP contribution in [-0.2, 0) is 6.54 Å². The fourth-order valence-electron chi connectivity index (χ4n) is 3.45. The standard InChI is InChI=1S/C22H27N5O/c1-14(2)11-27(12-15(3)4)13-16-6-5-7-17(8-16)20-18(9-23)21(25)26-22(28)19(20)10-24/h5-8,14-15H,11-13H2,1-4H3,(H3,25,26,28). The molecule has 3 N–H and O–H groups in total. The molecule has 0 spiro atoms. The molecule has 0 saturated carbocycles. The quantitative estimate of drug-likeness (QED) is 0.767. The lowest BCUT2D eigenvalue weighted by molar-refractivity contribution is 0.211. The number of nitriles is 2. The van der Waals surface area contributed by atoms with E-state index in [2.05, 4.69) is 37.6 Å². The molecule has 6 nitrogen and oxygen atoms in total. The first-order valence-electron chi connectivity index (χ1n) is 9.44. The van der Waals surface area contributed by atoms with E-state index in [1.807, 2.05) is 30.3 Å². The van der Waals surface area contributed by atoms with Crippen molar-refractivity contribution in [2.45, 2.75) is 34.2 Å². The molecule has 1 aromatic heterocycles. The van der Waals surface area contributed by atoms with Crippen LogP contribution in [0.15, 0.2) is 29.1 Å². The van der Waals surface area contributed by atoms with Crippen molar-refractivity contribution in [1.82, 2.24) is 9.88 Å². The molecule has 146 valence electrons. The molecule has 1 aromatic carbocycles. The second-order valence-corrected chi connectivity index (χ2v) is 7.90. The molecule has 0 fully saturated rings. The van der Waals surface area contributed by atoms with E-state index in [9.17, 15) is 15.3 Å². The highest BCUT2D eigenvalue weighted by Gasteiger charge is 2.19. The minimum Gasteiger partial charge on any atom is -0.384 e. The molecular formula is C22H27N5O. The maximum atomic E-state index is 12.2. The van der Waals surface area contributed by atoms with Crippen molar-refractivity contribution in [2.24, 2.45) is 11.8 Å². The van der Waals surface area contributed by atoms with Gasteiger partial charge in [0, 0.05) is 25.2 Å². The molecule has 0 atom stereocenters. The fourth-order valence-corrected chi connectivity index (χ4v) is 3.45. The second kappa shape index (κ2) is 9.21. The van der Waals surface area contributed by atoms with Crippen LogP contribution in [0.5, 0.6) is 0 Å². The van der Waals surface area contributed by atoms with Crippen molar-refractivity contribution in [2.75, 3.05) is 18.8 Å². The van der Waals surface area contributed by atoms with Gasteiger partial charge in [0.1, 0.15) is 29.1 Å². The summed E-state index contributed by atoms with van der Waals surface area (Å²) in [5.41, 5.74) is 7.28. The van der Waals surface area contributed by atoms with Crippen molar-refractivity contribution >= 4 is 5.82 Å². The third-order valence-electron chi connectivity index (χ3n) is 4.34. The van der Waals surface area contributed by atoms with Crippen LogP contribution in [0.25, 0.3) is 11.1 Å². The number of pyridine rings is 1. The zero-order chi connectivity index (χ0) is 20.8. The number of hydrogen-bond donors (Lipinski definition) is 2. The lowest BCUT2D eigenvalue weighted by Crippen LogP contribution is -2.30. The highest BCUT2D eigenvalue weighted by molar-refractivity contribution is 5.80. The van der Waals surface area contributed by atoms with Gasteiger partial charge in [-0.15, -0.1) is 0 Å². The zero-order valence-corrected chi connectivity index (χ0v) is 16.9. The predicted molar refractivity (Wildman–Crippen MR) is 111 cm³/mol. The summed E-state index contributed by atoms with van der Waals surface area (Å²) in [5, 5.41) is 19.0. The van der Waals surface area contributed by atoms with E-state index in [-0.39, 0.29) is 16.9 Å². The second-order valence-electron chi connectivity index (χ2n) is 7.90. The maximum absolute atomic E-state index is 12.2. The molecule has 0 unspecified atom stereocenters. The number of nitrogen functional groups attached to an aromatic ring is 1. The van der Waals surface area contributed by atoms with Gasteiger partial charge in [-0.25, -0.2) is 0 Å². The average Bonchev–Trinajstić information content (AvgIpc) is 2.60. The summed E-state index contributed by atoms with van der Waals surface area (Å²) in [4.78, 5) is 16.9. The van der Waals surface area contributed by atoms with Gasteiger partial charge in [0.15, 0.2) is 0 Å². The highest BCUT2D eigenvalue weighted by Crippen LogP contribution is 2.29. The smallest absolute Gasteiger partial charge is 0.268 e. The number of rotatable bonds is 7. The number of nitrogens with zero attached hydrogens (tertiary/aromatic N) is 3. The van der Waals surface area contributed by atoms with Crippen LogP contribution in [0.1, 0.15) is 44.4 Å². The topological polar surface area (TPSA) is 110 Å². The summed E-state index contributed by atoms with van der Waals surface area (Å²) in [5.74, 6) is 1.07. The number of hydrogen-bond acceptors (Lipinski definition) is 5. The van der Waals surface area contributed by atoms with Gasteiger partial charge in [-0.2, -0.15) is 10.5 Å². The average molecular weight is 377 g/mol. The minimum absolute atomic E-state index is 0.0202. The molecule has 0 amide bonds. The molecule has 0 aliphatic rings. The molecule has 2 aromatic rings. The SMILES string of the molecule is CC(C)CN(Cc1cccc(-c2c(C#N)c(N)[nH]c(=O)c2C#N)c1)CC(C)C. The lowest BCUT2D eigenvalue weighted by Gasteiger charge is -2.26. The predicted octanol–water partition coefficient (Wildman–Crippen LogP) is 3.48. The van der Waals surface area contributed by atoms with E-state index in [1.165, 1.54) is 0 Å².